The minimum Gasteiger partial charge on any atom is -0.468 e. The molecule has 0 aliphatic rings. The molecule has 0 spiro atoms. The predicted molar refractivity (Wildman–Crippen MR) is 76.0 cm³/mol. The van der Waals surface area contributed by atoms with E-state index in [2.05, 4.69) is 10.6 Å². The Bertz CT molecular complexity index is 493. The monoisotopic (exact) mass is 292 g/mol. The highest BCUT2D eigenvalue weighted by molar-refractivity contribution is 5.96. The molecule has 21 heavy (non-hydrogen) atoms. The fraction of sp³-hybridized carbons (Fsp3) is 0.500. The summed E-state index contributed by atoms with van der Waals surface area (Å²) in [5, 5.41) is 13.5. The Morgan fingerprint density at radius 3 is 2.86 bits per heavy atom. The Balaban J connectivity index is 2.65. The second-order valence-electron chi connectivity index (χ2n) is 4.48. The number of urea groups is 1. The van der Waals surface area contributed by atoms with Gasteiger partial charge in [-0.25, -0.2) is 4.79 Å². The van der Waals surface area contributed by atoms with Crippen LogP contribution in [0.15, 0.2) is 22.8 Å². The first-order valence-electron chi connectivity index (χ1n) is 6.80. The van der Waals surface area contributed by atoms with E-state index in [1.165, 1.54) is 0 Å². The molecule has 0 saturated carbocycles. The number of carbonyl (C=O) groups excluding carboxylic acids is 2. The molecule has 0 fully saturated rings. The molecule has 0 aliphatic carbocycles. The second-order valence-corrected chi connectivity index (χ2v) is 4.48. The molecule has 0 aromatic carbocycles. The zero-order valence-corrected chi connectivity index (χ0v) is 12.3. The number of hydrogen-bond donors (Lipinski definition) is 2. The van der Waals surface area contributed by atoms with Crippen molar-refractivity contribution in [1.29, 1.82) is 5.26 Å². The third-order valence-corrected chi connectivity index (χ3v) is 2.95. The van der Waals surface area contributed by atoms with Gasteiger partial charge in [-0.05, 0) is 26.0 Å². The minimum absolute atomic E-state index is 0.291. The lowest BCUT2D eigenvalue weighted by Gasteiger charge is -2.26. The van der Waals surface area contributed by atoms with Gasteiger partial charge in [-0.15, -0.1) is 0 Å². The molecule has 0 saturated heterocycles. The summed E-state index contributed by atoms with van der Waals surface area (Å²) in [6.07, 6.45) is 1.84. The predicted octanol–water partition coefficient (Wildman–Crippen LogP) is 1.23. The van der Waals surface area contributed by atoms with Crippen molar-refractivity contribution in [3.05, 3.63) is 24.2 Å². The van der Waals surface area contributed by atoms with E-state index >= 15 is 0 Å². The number of imide groups is 1. The maximum absolute atomic E-state index is 12.0. The summed E-state index contributed by atoms with van der Waals surface area (Å²) in [7, 11) is 0. The molecule has 1 atom stereocenters. The van der Waals surface area contributed by atoms with Crippen molar-refractivity contribution >= 4 is 11.9 Å². The van der Waals surface area contributed by atoms with Crippen LogP contribution in [0.25, 0.3) is 0 Å². The van der Waals surface area contributed by atoms with Crippen molar-refractivity contribution in [2.45, 2.75) is 32.9 Å². The number of amides is 3. The van der Waals surface area contributed by atoms with Crippen LogP contribution in [0, 0.1) is 11.3 Å². The van der Waals surface area contributed by atoms with Gasteiger partial charge in [0.1, 0.15) is 5.76 Å². The molecule has 114 valence electrons. The number of carbonyl (C=O) groups is 2. The van der Waals surface area contributed by atoms with E-state index in [1.54, 1.807) is 37.1 Å². The fourth-order valence-corrected chi connectivity index (χ4v) is 1.79. The lowest BCUT2D eigenvalue weighted by atomic mass is 10.2. The van der Waals surface area contributed by atoms with Crippen LogP contribution in [0.2, 0.25) is 0 Å². The van der Waals surface area contributed by atoms with Gasteiger partial charge in [0.2, 0.25) is 5.91 Å². The van der Waals surface area contributed by atoms with Crippen LogP contribution in [0.4, 0.5) is 4.79 Å². The van der Waals surface area contributed by atoms with Gasteiger partial charge in [0, 0.05) is 19.5 Å². The Morgan fingerprint density at radius 2 is 2.29 bits per heavy atom. The van der Waals surface area contributed by atoms with Crippen molar-refractivity contribution in [2.24, 2.45) is 0 Å². The fourth-order valence-electron chi connectivity index (χ4n) is 1.79. The summed E-state index contributed by atoms with van der Waals surface area (Å²) >= 11 is 0. The van der Waals surface area contributed by atoms with E-state index < -0.39 is 18.0 Å². The summed E-state index contributed by atoms with van der Waals surface area (Å²) in [5.74, 6) is 0.288. The summed E-state index contributed by atoms with van der Waals surface area (Å²) in [6.45, 7) is 4.72. The van der Waals surface area contributed by atoms with Gasteiger partial charge >= 0.3 is 6.03 Å². The number of nitrogens with zero attached hydrogens (tertiary/aromatic N) is 2. The number of nitrogens with one attached hydrogen (secondary N) is 2. The lowest BCUT2D eigenvalue weighted by molar-refractivity contribution is -0.125. The molecular weight excluding hydrogens is 272 g/mol. The Kier molecular flexibility index (Phi) is 6.98. The first kappa shape index (κ1) is 16.7. The van der Waals surface area contributed by atoms with Gasteiger partial charge < -0.3 is 9.73 Å². The Labute approximate surface area is 123 Å². The molecule has 7 nitrogen and oxygen atoms in total. The van der Waals surface area contributed by atoms with Crippen LogP contribution in [-0.2, 0) is 11.3 Å². The van der Waals surface area contributed by atoms with Gasteiger partial charge in [0.25, 0.3) is 0 Å². The highest BCUT2D eigenvalue weighted by atomic mass is 16.3. The van der Waals surface area contributed by atoms with Crippen LogP contribution in [0.3, 0.4) is 0 Å². The quantitative estimate of drug-likeness (QED) is 0.787. The van der Waals surface area contributed by atoms with Gasteiger partial charge in [0.15, 0.2) is 0 Å². The number of rotatable bonds is 7. The molecule has 1 aromatic heterocycles. The molecule has 1 aromatic rings. The zero-order chi connectivity index (χ0) is 15.7. The van der Waals surface area contributed by atoms with Crippen molar-refractivity contribution in [3.8, 4) is 6.07 Å². The van der Waals surface area contributed by atoms with E-state index in [-0.39, 0.29) is 0 Å². The number of furan rings is 1. The van der Waals surface area contributed by atoms with E-state index in [9.17, 15) is 9.59 Å². The molecule has 3 amide bonds. The molecule has 1 heterocycles. The third-order valence-electron chi connectivity index (χ3n) is 2.95. The summed E-state index contributed by atoms with van der Waals surface area (Å²) < 4.78 is 5.26. The van der Waals surface area contributed by atoms with Crippen molar-refractivity contribution in [1.82, 2.24) is 15.5 Å². The standard InChI is InChI=1S/C14H20N4O3/c1-3-16-14(20)17-13(19)11(2)18(8-5-7-15)10-12-6-4-9-21-12/h4,6,9,11H,3,5,8,10H2,1-2H3,(H2,16,17,19,20). The minimum atomic E-state index is -0.550. The summed E-state index contributed by atoms with van der Waals surface area (Å²) in [5.41, 5.74) is 0. The molecule has 1 rings (SSSR count). The van der Waals surface area contributed by atoms with Gasteiger partial charge in [-0.1, -0.05) is 0 Å². The Morgan fingerprint density at radius 1 is 1.52 bits per heavy atom. The third kappa shape index (κ3) is 5.67. The molecule has 2 N–H and O–H groups in total. The Hall–Kier alpha value is -2.33. The van der Waals surface area contributed by atoms with Gasteiger partial charge in [-0.3, -0.25) is 15.0 Å². The highest BCUT2D eigenvalue weighted by Crippen LogP contribution is 2.10. The maximum Gasteiger partial charge on any atom is 0.321 e. The van der Waals surface area contributed by atoms with E-state index in [0.29, 0.717) is 31.8 Å². The SMILES string of the molecule is CCNC(=O)NC(=O)C(C)N(CCC#N)Cc1ccco1. The van der Waals surface area contributed by atoms with E-state index in [4.69, 9.17) is 9.68 Å². The van der Waals surface area contributed by atoms with Crippen LogP contribution >= 0.6 is 0 Å². The van der Waals surface area contributed by atoms with E-state index in [1.807, 2.05) is 6.07 Å². The molecule has 1 unspecified atom stereocenters. The summed E-state index contributed by atoms with van der Waals surface area (Å²) in [6, 6.07) is 4.54. The number of hydrogen-bond acceptors (Lipinski definition) is 5. The first-order chi connectivity index (χ1) is 10.1. The normalized spacial score (nSPS) is 11.7. The largest absolute Gasteiger partial charge is 0.468 e. The molecule has 0 bridgehead atoms. The zero-order valence-electron chi connectivity index (χ0n) is 12.3. The van der Waals surface area contributed by atoms with E-state index in [0.717, 1.165) is 0 Å². The van der Waals surface area contributed by atoms with Crippen LogP contribution in [-0.4, -0.2) is 36.0 Å². The number of nitriles is 1. The van der Waals surface area contributed by atoms with Crippen molar-refractivity contribution < 1.29 is 14.0 Å². The van der Waals surface area contributed by atoms with Crippen LogP contribution in [0.1, 0.15) is 26.0 Å². The van der Waals surface area contributed by atoms with Gasteiger partial charge in [-0.2, -0.15) is 5.26 Å². The van der Waals surface area contributed by atoms with Gasteiger partial charge in [0.05, 0.1) is 24.9 Å². The molecule has 7 heteroatoms. The average molecular weight is 292 g/mol. The average Bonchev–Trinajstić information content (AvgIpc) is 2.95. The molecule has 0 radical (unpaired) electrons. The molecule has 0 aliphatic heterocycles. The highest BCUT2D eigenvalue weighted by Gasteiger charge is 2.23. The smallest absolute Gasteiger partial charge is 0.321 e. The second kappa shape index (κ2) is 8.76. The molecular formula is C14H20N4O3. The first-order valence-corrected chi connectivity index (χ1v) is 6.80. The van der Waals surface area contributed by atoms with Crippen LogP contribution < -0.4 is 10.6 Å². The maximum atomic E-state index is 12.0. The van der Waals surface area contributed by atoms with Crippen LogP contribution in [0.5, 0.6) is 0 Å². The summed E-state index contributed by atoms with van der Waals surface area (Å²) in [4.78, 5) is 25.2. The van der Waals surface area contributed by atoms with Crippen molar-refractivity contribution in [3.63, 3.8) is 0 Å². The van der Waals surface area contributed by atoms with Crippen molar-refractivity contribution in [2.75, 3.05) is 13.1 Å². The lowest BCUT2D eigenvalue weighted by Crippen LogP contribution is -2.49. The topological polar surface area (TPSA) is 98.4 Å².